The van der Waals surface area contributed by atoms with Crippen LogP contribution in [0.5, 0.6) is 0 Å². The van der Waals surface area contributed by atoms with E-state index in [1.54, 1.807) is 14.2 Å². The maximum Gasteiger partial charge on any atom is 0.303 e. The van der Waals surface area contributed by atoms with Crippen molar-refractivity contribution in [2.24, 2.45) is 0 Å². The minimum Gasteiger partial charge on any atom is -0.402 e. The first-order valence-electron chi connectivity index (χ1n) is 4.65. The van der Waals surface area contributed by atoms with Crippen molar-refractivity contribution in [1.29, 1.82) is 0 Å². The highest BCUT2D eigenvalue weighted by atomic mass is 28.3. The van der Waals surface area contributed by atoms with Crippen LogP contribution in [-0.2, 0) is 8.85 Å². The Morgan fingerprint density at radius 3 is 2.20 bits per heavy atom. The molecule has 2 aromatic rings. The van der Waals surface area contributed by atoms with Crippen molar-refractivity contribution < 1.29 is 8.85 Å². The zero-order valence-corrected chi connectivity index (χ0v) is 10.4. The van der Waals surface area contributed by atoms with E-state index < -0.39 is 10.0 Å². The molecule has 1 aromatic carbocycles. The number of pyridine rings is 1. The van der Waals surface area contributed by atoms with E-state index in [0.717, 1.165) is 0 Å². The van der Waals surface area contributed by atoms with Crippen LogP contribution in [0, 0.1) is 0 Å². The molecule has 0 spiro atoms. The SMILES string of the molecule is CO[SiH2]OC.c1ccc2cnccc2c1. The van der Waals surface area contributed by atoms with Crippen LogP contribution in [0.3, 0.4) is 0 Å². The van der Waals surface area contributed by atoms with Crippen molar-refractivity contribution in [3.63, 3.8) is 0 Å². The summed E-state index contributed by atoms with van der Waals surface area (Å²) in [4.78, 5) is 4.01. The number of nitrogens with zero attached hydrogens (tertiary/aromatic N) is 1. The predicted octanol–water partition coefficient (Wildman–Crippen LogP) is 1.51. The molecule has 0 unspecified atom stereocenters. The Morgan fingerprint density at radius 1 is 1.00 bits per heavy atom. The van der Waals surface area contributed by atoms with Crippen LogP contribution in [0.25, 0.3) is 10.8 Å². The normalized spacial score (nSPS) is 9.47. The standard InChI is InChI=1S/C9H7N.C2H8O2Si/c1-2-4-9-7-10-6-5-8(9)3-1;1-3-5-4-2/h1-7H;5H2,1-2H3. The first kappa shape index (κ1) is 11.8. The summed E-state index contributed by atoms with van der Waals surface area (Å²) in [5, 5.41) is 2.45. The molecule has 15 heavy (non-hydrogen) atoms. The van der Waals surface area contributed by atoms with Crippen LogP contribution in [0.4, 0.5) is 0 Å². The van der Waals surface area contributed by atoms with Gasteiger partial charge < -0.3 is 8.85 Å². The van der Waals surface area contributed by atoms with Gasteiger partial charge in [-0.15, -0.1) is 0 Å². The average molecular weight is 221 g/mol. The number of rotatable bonds is 2. The van der Waals surface area contributed by atoms with Crippen molar-refractivity contribution >= 4 is 20.8 Å². The molecule has 0 aliphatic rings. The summed E-state index contributed by atoms with van der Waals surface area (Å²) < 4.78 is 9.22. The third-order valence-corrected chi connectivity index (χ3v) is 2.26. The molecule has 1 heterocycles. The molecule has 0 aliphatic carbocycles. The number of hydrogen-bond acceptors (Lipinski definition) is 3. The van der Waals surface area contributed by atoms with Crippen molar-refractivity contribution in [3.05, 3.63) is 42.7 Å². The van der Waals surface area contributed by atoms with E-state index in [0.29, 0.717) is 0 Å². The summed E-state index contributed by atoms with van der Waals surface area (Å²) in [6, 6.07) is 10.2. The fraction of sp³-hybridized carbons (Fsp3) is 0.182. The van der Waals surface area contributed by atoms with Crippen molar-refractivity contribution in [2.75, 3.05) is 14.2 Å². The molecular formula is C11H15NO2Si. The second-order valence-corrected chi connectivity index (χ2v) is 4.31. The lowest BCUT2D eigenvalue weighted by Gasteiger charge is -1.91. The van der Waals surface area contributed by atoms with Gasteiger partial charge in [-0.05, 0) is 16.8 Å². The minimum atomic E-state index is -0.568. The molecule has 80 valence electrons. The summed E-state index contributed by atoms with van der Waals surface area (Å²) in [7, 11) is 2.73. The highest BCUT2D eigenvalue weighted by Crippen LogP contribution is 2.09. The number of fused-ring (bicyclic) bond motifs is 1. The Labute approximate surface area is 92.1 Å². The highest BCUT2D eigenvalue weighted by Gasteiger charge is 1.86. The highest BCUT2D eigenvalue weighted by molar-refractivity contribution is 6.17. The first-order valence-corrected chi connectivity index (χ1v) is 5.80. The lowest BCUT2D eigenvalue weighted by Crippen LogP contribution is -1.93. The zero-order chi connectivity index (χ0) is 10.9. The molecule has 0 aliphatic heterocycles. The molecule has 1 aromatic heterocycles. The molecule has 0 N–H and O–H groups in total. The molecule has 0 bridgehead atoms. The predicted molar refractivity (Wildman–Crippen MR) is 64.3 cm³/mol. The van der Waals surface area contributed by atoms with Gasteiger partial charge in [-0.25, -0.2) is 0 Å². The molecule has 0 saturated carbocycles. The van der Waals surface area contributed by atoms with Gasteiger partial charge >= 0.3 is 10.0 Å². The topological polar surface area (TPSA) is 31.4 Å². The quantitative estimate of drug-likeness (QED) is 0.720. The van der Waals surface area contributed by atoms with Gasteiger partial charge in [-0.2, -0.15) is 0 Å². The van der Waals surface area contributed by atoms with Crippen LogP contribution >= 0.6 is 0 Å². The Bertz CT molecular complexity index is 328. The Balaban J connectivity index is 0.000000195. The van der Waals surface area contributed by atoms with Crippen molar-refractivity contribution in [3.8, 4) is 0 Å². The van der Waals surface area contributed by atoms with Crippen LogP contribution in [0.1, 0.15) is 0 Å². The summed E-state index contributed by atoms with van der Waals surface area (Å²) in [5.41, 5.74) is 0. The van der Waals surface area contributed by atoms with Gasteiger partial charge in [0.2, 0.25) is 0 Å². The smallest absolute Gasteiger partial charge is 0.303 e. The monoisotopic (exact) mass is 221 g/mol. The number of aromatic nitrogens is 1. The molecule has 3 nitrogen and oxygen atoms in total. The van der Waals surface area contributed by atoms with Gasteiger partial charge in [0.05, 0.1) is 0 Å². The maximum absolute atomic E-state index is 4.61. The lowest BCUT2D eigenvalue weighted by atomic mass is 10.2. The van der Waals surface area contributed by atoms with Gasteiger partial charge in [0, 0.05) is 26.6 Å². The van der Waals surface area contributed by atoms with E-state index in [1.165, 1.54) is 10.8 Å². The summed E-state index contributed by atoms with van der Waals surface area (Å²) >= 11 is 0. The van der Waals surface area contributed by atoms with E-state index in [-0.39, 0.29) is 0 Å². The number of hydrogen-bond donors (Lipinski definition) is 0. The van der Waals surface area contributed by atoms with Gasteiger partial charge in [0.25, 0.3) is 0 Å². The van der Waals surface area contributed by atoms with E-state index in [1.807, 2.05) is 30.6 Å². The lowest BCUT2D eigenvalue weighted by molar-refractivity contribution is 0.309. The zero-order valence-electron chi connectivity index (χ0n) is 9.01. The average Bonchev–Trinajstić information content (AvgIpc) is 2.31. The molecular weight excluding hydrogens is 206 g/mol. The Kier molecular flexibility index (Phi) is 5.61. The fourth-order valence-electron chi connectivity index (χ4n) is 1.14. The molecule has 4 heteroatoms. The minimum absolute atomic E-state index is 0.568. The van der Waals surface area contributed by atoms with Crippen LogP contribution in [0.2, 0.25) is 0 Å². The van der Waals surface area contributed by atoms with Gasteiger partial charge in [-0.3, -0.25) is 4.98 Å². The Morgan fingerprint density at radius 2 is 1.67 bits per heavy atom. The molecule has 2 rings (SSSR count). The van der Waals surface area contributed by atoms with Gasteiger partial charge in [0.15, 0.2) is 0 Å². The third-order valence-electron chi connectivity index (χ3n) is 1.79. The van der Waals surface area contributed by atoms with Crippen molar-refractivity contribution in [1.82, 2.24) is 4.98 Å². The third kappa shape index (κ3) is 4.20. The molecule has 0 radical (unpaired) electrons. The van der Waals surface area contributed by atoms with Crippen LogP contribution in [0.15, 0.2) is 42.7 Å². The summed E-state index contributed by atoms with van der Waals surface area (Å²) in [6.07, 6.45) is 3.68. The Hall–Kier alpha value is -1.23. The van der Waals surface area contributed by atoms with Crippen LogP contribution < -0.4 is 0 Å². The van der Waals surface area contributed by atoms with Gasteiger partial charge in [-0.1, -0.05) is 24.3 Å². The molecule has 0 atom stereocenters. The molecule has 0 amide bonds. The van der Waals surface area contributed by atoms with Gasteiger partial charge in [0.1, 0.15) is 0 Å². The van der Waals surface area contributed by atoms with E-state index in [4.69, 9.17) is 0 Å². The molecule has 0 fully saturated rings. The van der Waals surface area contributed by atoms with E-state index >= 15 is 0 Å². The summed E-state index contributed by atoms with van der Waals surface area (Å²) in [5.74, 6) is 0. The van der Waals surface area contributed by atoms with Crippen molar-refractivity contribution in [2.45, 2.75) is 0 Å². The second-order valence-electron chi connectivity index (χ2n) is 2.92. The first-order chi connectivity index (χ1) is 7.38. The number of benzene rings is 1. The second kappa shape index (κ2) is 7.11. The molecule has 0 saturated heterocycles. The summed E-state index contributed by atoms with van der Waals surface area (Å²) in [6.45, 7) is 0. The van der Waals surface area contributed by atoms with E-state index in [9.17, 15) is 0 Å². The van der Waals surface area contributed by atoms with E-state index in [2.05, 4.69) is 26.0 Å². The maximum atomic E-state index is 4.61. The largest absolute Gasteiger partial charge is 0.402 e. The fourth-order valence-corrected chi connectivity index (χ4v) is 1.38. The van der Waals surface area contributed by atoms with Crippen LogP contribution in [-0.4, -0.2) is 29.2 Å².